The lowest BCUT2D eigenvalue weighted by atomic mass is 9.95. The Hall–Kier alpha value is -1.79. The molecule has 1 aromatic rings. The molecular formula is C19H25NO5. The Bertz CT molecular complexity index is 631. The van der Waals surface area contributed by atoms with E-state index in [1.54, 1.807) is 0 Å². The standard InChI is InChI=1S/C19H25NO5/c1-14(15-2-3-16-17(13-15)23-9-8-22-16)12-18(21)20-6-4-19(5-7-20)24-10-11-25-19/h2-3,13-14H,4-12H2,1H3. The van der Waals surface area contributed by atoms with E-state index in [0.29, 0.717) is 45.9 Å². The summed E-state index contributed by atoms with van der Waals surface area (Å²) in [7, 11) is 0. The summed E-state index contributed by atoms with van der Waals surface area (Å²) >= 11 is 0. The molecule has 0 bridgehead atoms. The molecule has 0 aromatic heterocycles. The third-order valence-corrected chi connectivity index (χ3v) is 5.31. The van der Waals surface area contributed by atoms with Crippen LogP contribution in [-0.2, 0) is 14.3 Å². The van der Waals surface area contributed by atoms with Gasteiger partial charge in [0.25, 0.3) is 0 Å². The summed E-state index contributed by atoms with van der Waals surface area (Å²) in [5, 5.41) is 0. The smallest absolute Gasteiger partial charge is 0.223 e. The van der Waals surface area contributed by atoms with E-state index in [-0.39, 0.29) is 11.8 Å². The summed E-state index contributed by atoms with van der Waals surface area (Å²) in [4.78, 5) is 14.6. The van der Waals surface area contributed by atoms with Gasteiger partial charge in [0.1, 0.15) is 13.2 Å². The molecule has 1 amide bonds. The van der Waals surface area contributed by atoms with Crippen LogP contribution in [0.25, 0.3) is 0 Å². The number of nitrogens with zero attached hydrogens (tertiary/aromatic N) is 1. The van der Waals surface area contributed by atoms with Gasteiger partial charge in [-0.25, -0.2) is 0 Å². The third-order valence-electron chi connectivity index (χ3n) is 5.31. The van der Waals surface area contributed by atoms with E-state index in [2.05, 4.69) is 6.92 Å². The van der Waals surface area contributed by atoms with Gasteiger partial charge in [0, 0.05) is 32.4 Å². The van der Waals surface area contributed by atoms with Crippen LogP contribution in [0.15, 0.2) is 18.2 Å². The summed E-state index contributed by atoms with van der Waals surface area (Å²) in [6, 6.07) is 5.96. The molecule has 3 aliphatic rings. The van der Waals surface area contributed by atoms with Crippen molar-refractivity contribution in [3.63, 3.8) is 0 Å². The number of ether oxygens (including phenoxy) is 4. The molecule has 25 heavy (non-hydrogen) atoms. The van der Waals surface area contributed by atoms with Crippen molar-refractivity contribution in [1.82, 2.24) is 4.90 Å². The zero-order chi connectivity index (χ0) is 17.3. The number of benzene rings is 1. The van der Waals surface area contributed by atoms with Gasteiger partial charge in [-0.05, 0) is 23.6 Å². The molecule has 0 radical (unpaired) electrons. The molecule has 0 aliphatic carbocycles. The normalized spacial score (nSPS) is 22.8. The maximum absolute atomic E-state index is 12.7. The monoisotopic (exact) mass is 347 g/mol. The lowest BCUT2D eigenvalue weighted by Crippen LogP contribution is -2.47. The molecule has 1 spiro atoms. The third kappa shape index (κ3) is 3.46. The molecule has 2 saturated heterocycles. The van der Waals surface area contributed by atoms with Crippen molar-refractivity contribution in [3.8, 4) is 11.5 Å². The SMILES string of the molecule is CC(CC(=O)N1CCC2(CC1)OCCO2)c1ccc2c(c1)OCCO2. The first-order valence-corrected chi connectivity index (χ1v) is 9.10. The zero-order valence-electron chi connectivity index (χ0n) is 14.7. The average Bonchev–Trinajstić information content (AvgIpc) is 3.09. The van der Waals surface area contributed by atoms with Gasteiger partial charge in [-0.1, -0.05) is 13.0 Å². The molecule has 3 heterocycles. The summed E-state index contributed by atoms with van der Waals surface area (Å²) < 4.78 is 22.7. The Kier molecular flexibility index (Phi) is 4.56. The number of piperidine rings is 1. The van der Waals surface area contributed by atoms with Crippen molar-refractivity contribution >= 4 is 5.91 Å². The van der Waals surface area contributed by atoms with Crippen LogP contribution in [0.1, 0.15) is 37.7 Å². The highest BCUT2D eigenvalue weighted by Crippen LogP contribution is 2.35. The zero-order valence-corrected chi connectivity index (χ0v) is 14.7. The number of carbonyl (C=O) groups is 1. The van der Waals surface area contributed by atoms with Gasteiger partial charge in [-0.15, -0.1) is 0 Å². The molecule has 1 unspecified atom stereocenters. The van der Waals surface area contributed by atoms with Crippen molar-refractivity contribution in [2.45, 2.75) is 37.9 Å². The first kappa shape index (κ1) is 16.7. The fourth-order valence-electron chi connectivity index (χ4n) is 3.76. The number of likely N-dealkylation sites (tertiary alicyclic amines) is 1. The van der Waals surface area contributed by atoms with Gasteiger partial charge >= 0.3 is 0 Å². The van der Waals surface area contributed by atoms with Gasteiger partial charge < -0.3 is 23.8 Å². The Morgan fingerprint density at radius 3 is 2.48 bits per heavy atom. The summed E-state index contributed by atoms with van der Waals surface area (Å²) in [5.41, 5.74) is 1.11. The molecule has 136 valence electrons. The predicted molar refractivity (Wildman–Crippen MR) is 90.9 cm³/mol. The lowest BCUT2D eigenvalue weighted by Gasteiger charge is -2.38. The Labute approximate surface area is 148 Å². The number of rotatable bonds is 3. The van der Waals surface area contributed by atoms with Crippen LogP contribution < -0.4 is 9.47 Å². The fraction of sp³-hybridized carbons (Fsp3) is 0.632. The molecule has 2 fully saturated rings. The van der Waals surface area contributed by atoms with Crippen molar-refractivity contribution in [3.05, 3.63) is 23.8 Å². The first-order valence-electron chi connectivity index (χ1n) is 9.10. The number of amides is 1. The highest BCUT2D eigenvalue weighted by atomic mass is 16.7. The summed E-state index contributed by atoms with van der Waals surface area (Å²) in [6.45, 7) is 5.97. The van der Waals surface area contributed by atoms with E-state index in [9.17, 15) is 4.79 Å². The van der Waals surface area contributed by atoms with Gasteiger partial charge in [0.15, 0.2) is 17.3 Å². The predicted octanol–water partition coefficient (Wildman–Crippen LogP) is 2.32. The second-order valence-corrected chi connectivity index (χ2v) is 7.00. The van der Waals surface area contributed by atoms with Crippen LogP contribution in [-0.4, -0.2) is 56.1 Å². The highest BCUT2D eigenvalue weighted by molar-refractivity contribution is 5.77. The van der Waals surface area contributed by atoms with E-state index in [4.69, 9.17) is 18.9 Å². The molecule has 0 saturated carbocycles. The Morgan fingerprint density at radius 2 is 1.76 bits per heavy atom. The summed E-state index contributed by atoms with van der Waals surface area (Å²) in [6.07, 6.45) is 2.02. The van der Waals surface area contributed by atoms with E-state index in [1.165, 1.54) is 0 Å². The van der Waals surface area contributed by atoms with Gasteiger partial charge in [0.2, 0.25) is 5.91 Å². The molecule has 1 atom stereocenters. The van der Waals surface area contributed by atoms with E-state index in [0.717, 1.165) is 29.9 Å². The van der Waals surface area contributed by atoms with E-state index >= 15 is 0 Å². The topological polar surface area (TPSA) is 57.2 Å². The van der Waals surface area contributed by atoms with Crippen LogP contribution >= 0.6 is 0 Å². The maximum Gasteiger partial charge on any atom is 0.223 e. The molecule has 4 rings (SSSR count). The number of hydrogen-bond acceptors (Lipinski definition) is 5. The fourth-order valence-corrected chi connectivity index (χ4v) is 3.76. The minimum Gasteiger partial charge on any atom is -0.486 e. The summed E-state index contributed by atoms with van der Waals surface area (Å²) in [5.74, 6) is 1.46. The first-order chi connectivity index (χ1) is 12.2. The largest absolute Gasteiger partial charge is 0.486 e. The van der Waals surface area contributed by atoms with Crippen molar-refractivity contribution in [1.29, 1.82) is 0 Å². The van der Waals surface area contributed by atoms with Gasteiger partial charge in [0.05, 0.1) is 13.2 Å². The molecule has 6 nitrogen and oxygen atoms in total. The minimum atomic E-state index is -0.432. The molecule has 0 N–H and O–H groups in total. The molecule has 3 aliphatic heterocycles. The Balaban J connectivity index is 1.34. The van der Waals surface area contributed by atoms with E-state index < -0.39 is 5.79 Å². The van der Waals surface area contributed by atoms with Crippen LogP contribution in [0.4, 0.5) is 0 Å². The van der Waals surface area contributed by atoms with Crippen molar-refractivity contribution in [2.24, 2.45) is 0 Å². The van der Waals surface area contributed by atoms with Crippen LogP contribution in [0.3, 0.4) is 0 Å². The minimum absolute atomic E-state index is 0.137. The average molecular weight is 347 g/mol. The van der Waals surface area contributed by atoms with Crippen LogP contribution in [0.5, 0.6) is 11.5 Å². The lowest BCUT2D eigenvalue weighted by molar-refractivity contribution is -0.187. The van der Waals surface area contributed by atoms with Gasteiger partial charge in [-0.3, -0.25) is 4.79 Å². The number of fused-ring (bicyclic) bond motifs is 1. The quantitative estimate of drug-likeness (QED) is 0.840. The second-order valence-electron chi connectivity index (χ2n) is 7.00. The van der Waals surface area contributed by atoms with Crippen LogP contribution in [0.2, 0.25) is 0 Å². The van der Waals surface area contributed by atoms with Gasteiger partial charge in [-0.2, -0.15) is 0 Å². The van der Waals surface area contributed by atoms with E-state index in [1.807, 2.05) is 23.1 Å². The molecule has 6 heteroatoms. The maximum atomic E-state index is 12.7. The van der Waals surface area contributed by atoms with Crippen molar-refractivity contribution < 1.29 is 23.7 Å². The second kappa shape index (κ2) is 6.84. The van der Waals surface area contributed by atoms with Crippen molar-refractivity contribution in [2.75, 3.05) is 39.5 Å². The highest BCUT2D eigenvalue weighted by Gasteiger charge is 2.40. The Morgan fingerprint density at radius 1 is 1.08 bits per heavy atom. The molecular weight excluding hydrogens is 322 g/mol. The van der Waals surface area contributed by atoms with Crippen LogP contribution in [0, 0.1) is 0 Å². The number of hydrogen-bond donors (Lipinski definition) is 0. The number of carbonyl (C=O) groups excluding carboxylic acids is 1. The molecule has 1 aromatic carbocycles.